The van der Waals surface area contributed by atoms with Gasteiger partial charge in [0.2, 0.25) is 0 Å². The number of rotatable bonds is 5. The van der Waals surface area contributed by atoms with Crippen LogP contribution in [0.1, 0.15) is 10.4 Å². The van der Waals surface area contributed by atoms with E-state index in [9.17, 15) is 13.8 Å². The molecule has 2 rings (SSSR count). The van der Waals surface area contributed by atoms with E-state index in [0.29, 0.717) is 15.9 Å². The molecule has 0 aliphatic heterocycles. The molecule has 5 nitrogen and oxygen atoms in total. The van der Waals surface area contributed by atoms with E-state index in [1.165, 1.54) is 16.7 Å². The van der Waals surface area contributed by atoms with E-state index < -0.39 is 16.8 Å². The van der Waals surface area contributed by atoms with Gasteiger partial charge in [0.05, 0.1) is 16.4 Å². The molecule has 21 heavy (non-hydrogen) atoms. The minimum Gasteiger partial charge on any atom is -0.478 e. The molecule has 1 unspecified atom stereocenters. The zero-order valence-corrected chi connectivity index (χ0v) is 13.3. The highest BCUT2D eigenvalue weighted by atomic mass is 79.9. The first-order chi connectivity index (χ1) is 9.99. The van der Waals surface area contributed by atoms with E-state index in [0.717, 1.165) is 0 Å². The van der Waals surface area contributed by atoms with E-state index in [2.05, 4.69) is 15.9 Å². The second-order valence-corrected chi connectivity index (χ2v) is 6.65. The summed E-state index contributed by atoms with van der Waals surface area (Å²) < 4.78 is 14.1. The molecule has 0 aliphatic carbocycles. The fourth-order valence-electron chi connectivity index (χ4n) is 1.75. The summed E-state index contributed by atoms with van der Waals surface area (Å²) in [5.74, 6) is -0.843. The van der Waals surface area contributed by atoms with Crippen molar-refractivity contribution in [2.24, 2.45) is 0 Å². The van der Waals surface area contributed by atoms with Crippen molar-refractivity contribution >= 4 is 32.7 Å². The standard InChI is InChI=1S/C14H12BrNO4S/c15-12-5-4-10(9-11(12)14(18)19)21(20)8-7-16-6-2-1-3-13(16)17/h1-6,9H,7-8H2,(H,18,19). The van der Waals surface area contributed by atoms with Gasteiger partial charge in [-0.2, -0.15) is 0 Å². The molecule has 1 heterocycles. The summed E-state index contributed by atoms with van der Waals surface area (Å²) in [5.41, 5.74) is -0.0886. The van der Waals surface area contributed by atoms with E-state index in [4.69, 9.17) is 5.11 Å². The van der Waals surface area contributed by atoms with Crippen LogP contribution in [0.4, 0.5) is 0 Å². The highest BCUT2D eigenvalue weighted by Gasteiger charge is 2.12. The zero-order valence-electron chi connectivity index (χ0n) is 10.9. The maximum absolute atomic E-state index is 12.2. The molecule has 0 fully saturated rings. The topological polar surface area (TPSA) is 76.4 Å². The largest absolute Gasteiger partial charge is 0.478 e. The molecule has 1 aromatic heterocycles. The number of carbonyl (C=O) groups is 1. The Labute approximate surface area is 131 Å². The fraction of sp³-hybridized carbons (Fsp3) is 0.143. The lowest BCUT2D eigenvalue weighted by molar-refractivity contribution is 0.0695. The lowest BCUT2D eigenvalue weighted by Crippen LogP contribution is -2.21. The van der Waals surface area contributed by atoms with E-state index >= 15 is 0 Å². The van der Waals surface area contributed by atoms with Crippen LogP contribution in [0.25, 0.3) is 0 Å². The molecule has 1 atom stereocenters. The van der Waals surface area contributed by atoms with Crippen molar-refractivity contribution < 1.29 is 14.1 Å². The summed E-state index contributed by atoms with van der Waals surface area (Å²) in [6.07, 6.45) is 1.63. The number of halogens is 1. The Balaban J connectivity index is 2.14. The first-order valence-corrected chi connectivity index (χ1v) is 8.17. The molecule has 0 saturated heterocycles. The lowest BCUT2D eigenvalue weighted by atomic mass is 10.2. The maximum atomic E-state index is 12.2. The Kier molecular flexibility index (Phi) is 5.08. The first-order valence-electron chi connectivity index (χ1n) is 6.06. The van der Waals surface area contributed by atoms with Crippen LogP contribution >= 0.6 is 15.9 Å². The number of aromatic nitrogens is 1. The van der Waals surface area contributed by atoms with Crippen LogP contribution in [0.2, 0.25) is 0 Å². The number of carboxylic acids is 1. The third kappa shape index (κ3) is 3.89. The number of hydrogen-bond donors (Lipinski definition) is 1. The Hall–Kier alpha value is -1.73. The summed E-state index contributed by atoms with van der Waals surface area (Å²) >= 11 is 3.14. The van der Waals surface area contributed by atoms with E-state index in [-0.39, 0.29) is 16.9 Å². The molecule has 0 saturated carbocycles. The summed E-state index contributed by atoms with van der Waals surface area (Å²) in [6, 6.07) is 9.36. The van der Waals surface area contributed by atoms with Crippen molar-refractivity contribution in [3.8, 4) is 0 Å². The average Bonchev–Trinajstić information content (AvgIpc) is 2.46. The predicted octanol–water partition coefficient (Wildman–Crippen LogP) is 2.12. The van der Waals surface area contributed by atoms with Gasteiger partial charge in [0, 0.05) is 33.9 Å². The maximum Gasteiger partial charge on any atom is 0.336 e. The van der Waals surface area contributed by atoms with Crippen LogP contribution in [0, 0.1) is 0 Å². The third-order valence-corrected chi connectivity index (χ3v) is 4.87. The monoisotopic (exact) mass is 369 g/mol. The summed E-state index contributed by atoms with van der Waals surface area (Å²) in [5, 5.41) is 9.04. The molecule has 1 aromatic carbocycles. The molecule has 2 aromatic rings. The number of aromatic carboxylic acids is 1. The SMILES string of the molecule is O=C(O)c1cc(S(=O)CCn2ccccc2=O)ccc1Br. The summed E-state index contributed by atoms with van der Waals surface area (Å²) in [6.45, 7) is 0.310. The molecule has 0 amide bonds. The zero-order chi connectivity index (χ0) is 15.4. The number of carboxylic acid groups (broad SMARTS) is 1. The Morgan fingerprint density at radius 3 is 2.71 bits per heavy atom. The molecular formula is C14H12BrNO4S. The Morgan fingerprint density at radius 2 is 2.05 bits per heavy atom. The van der Waals surface area contributed by atoms with Gasteiger partial charge in [0.1, 0.15) is 0 Å². The minimum atomic E-state index is -1.37. The summed E-state index contributed by atoms with van der Waals surface area (Å²) in [7, 11) is -1.37. The van der Waals surface area contributed by atoms with Crippen molar-refractivity contribution in [2.75, 3.05) is 5.75 Å². The molecule has 0 aliphatic rings. The third-order valence-electron chi connectivity index (χ3n) is 2.85. The highest BCUT2D eigenvalue weighted by molar-refractivity contribution is 9.10. The normalized spacial score (nSPS) is 12.0. The van der Waals surface area contributed by atoms with Gasteiger partial charge in [-0.15, -0.1) is 0 Å². The average molecular weight is 370 g/mol. The first kappa shape index (κ1) is 15.7. The van der Waals surface area contributed by atoms with Gasteiger partial charge in [0.15, 0.2) is 0 Å². The summed E-state index contributed by atoms with van der Waals surface area (Å²) in [4.78, 5) is 23.0. The number of hydrogen-bond acceptors (Lipinski definition) is 3. The number of aryl methyl sites for hydroxylation is 1. The molecule has 110 valence electrons. The van der Waals surface area contributed by atoms with Gasteiger partial charge >= 0.3 is 5.97 Å². The Morgan fingerprint density at radius 1 is 1.29 bits per heavy atom. The van der Waals surface area contributed by atoms with E-state index in [1.54, 1.807) is 30.5 Å². The van der Waals surface area contributed by atoms with Crippen LogP contribution in [0.5, 0.6) is 0 Å². The lowest BCUT2D eigenvalue weighted by Gasteiger charge is -2.07. The second-order valence-electron chi connectivity index (χ2n) is 4.23. The van der Waals surface area contributed by atoms with Crippen molar-refractivity contribution in [1.29, 1.82) is 0 Å². The van der Waals surface area contributed by atoms with Gasteiger partial charge in [-0.25, -0.2) is 4.79 Å². The number of benzene rings is 1. The number of nitrogens with zero attached hydrogens (tertiary/aromatic N) is 1. The molecule has 1 N–H and O–H groups in total. The van der Waals surface area contributed by atoms with Gasteiger partial charge in [-0.3, -0.25) is 9.00 Å². The van der Waals surface area contributed by atoms with Crippen LogP contribution in [-0.4, -0.2) is 25.6 Å². The molecule has 0 radical (unpaired) electrons. The van der Waals surface area contributed by atoms with Crippen LogP contribution in [0.15, 0.2) is 56.8 Å². The van der Waals surface area contributed by atoms with Crippen molar-refractivity contribution in [1.82, 2.24) is 4.57 Å². The smallest absolute Gasteiger partial charge is 0.336 e. The predicted molar refractivity (Wildman–Crippen MR) is 83.1 cm³/mol. The van der Waals surface area contributed by atoms with Gasteiger partial charge < -0.3 is 9.67 Å². The quantitative estimate of drug-likeness (QED) is 0.875. The van der Waals surface area contributed by atoms with E-state index in [1.807, 2.05) is 0 Å². The van der Waals surface area contributed by atoms with Gasteiger partial charge in [0.25, 0.3) is 5.56 Å². The van der Waals surface area contributed by atoms with Crippen LogP contribution in [-0.2, 0) is 17.3 Å². The fourth-order valence-corrected chi connectivity index (χ4v) is 3.24. The second kappa shape index (κ2) is 6.82. The minimum absolute atomic E-state index is 0.0673. The molecule has 0 bridgehead atoms. The van der Waals surface area contributed by atoms with Crippen molar-refractivity contribution in [3.05, 3.63) is 63.0 Å². The number of pyridine rings is 1. The van der Waals surface area contributed by atoms with Crippen molar-refractivity contribution in [3.63, 3.8) is 0 Å². The van der Waals surface area contributed by atoms with Crippen LogP contribution < -0.4 is 5.56 Å². The molecule has 7 heteroatoms. The molecule has 0 spiro atoms. The van der Waals surface area contributed by atoms with Gasteiger partial charge in [-0.05, 0) is 40.2 Å². The van der Waals surface area contributed by atoms with Crippen molar-refractivity contribution in [2.45, 2.75) is 11.4 Å². The van der Waals surface area contributed by atoms with Gasteiger partial charge in [-0.1, -0.05) is 6.07 Å². The highest BCUT2D eigenvalue weighted by Crippen LogP contribution is 2.20. The Bertz CT molecular complexity index is 757. The molecular weight excluding hydrogens is 358 g/mol. The van der Waals surface area contributed by atoms with Crippen LogP contribution in [0.3, 0.4) is 0 Å².